The van der Waals surface area contributed by atoms with Crippen LogP contribution in [-0.2, 0) is 17.3 Å². The summed E-state index contributed by atoms with van der Waals surface area (Å²) in [4.78, 5) is 8.61. The zero-order chi connectivity index (χ0) is 22.6. The average molecular weight is 452 g/mol. The highest BCUT2D eigenvalue weighted by atomic mass is 19.4. The number of benzene rings is 1. The molecule has 1 fully saturated rings. The van der Waals surface area contributed by atoms with E-state index in [2.05, 4.69) is 14.9 Å². The standard InChI is InChI=1S/C21H21F4N5O2/c1-11-8-29(4-5-31-11)12-6-13-16(3-2-15(22)18(13)32-9-12)30-10-27-20-14(19(30)26)7-17(28-20)21(23,24)25/h2-3,7,10-12H,4-6,8-9H2,1H3,(H2,26,28)/p+1/t11-,12-/m1/s1. The summed E-state index contributed by atoms with van der Waals surface area (Å²) in [5.74, 6) is -0.290. The molecule has 5 rings (SSSR count). The maximum atomic E-state index is 14.5. The van der Waals surface area contributed by atoms with Crippen molar-refractivity contribution in [3.8, 4) is 11.4 Å². The number of alkyl halides is 3. The van der Waals surface area contributed by atoms with Crippen LogP contribution in [0.1, 0.15) is 18.2 Å². The zero-order valence-electron chi connectivity index (χ0n) is 17.2. The molecule has 2 atom stereocenters. The van der Waals surface area contributed by atoms with Crippen LogP contribution >= 0.6 is 0 Å². The van der Waals surface area contributed by atoms with Crippen LogP contribution in [0.4, 0.5) is 23.4 Å². The summed E-state index contributed by atoms with van der Waals surface area (Å²) in [6, 6.07) is 3.75. The molecule has 7 nitrogen and oxygen atoms in total. The number of nitrogen functional groups attached to an aromatic ring is 1. The molecule has 0 amide bonds. The van der Waals surface area contributed by atoms with Crippen LogP contribution in [0, 0.1) is 5.82 Å². The minimum absolute atomic E-state index is 0.0111. The third-order valence-corrected chi connectivity index (χ3v) is 6.04. The fourth-order valence-corrected chi connectivity index (χ4v) is 4.45. The van der Waals surface area contributed by atoms with Crippen molar-refractivity contribution in [2.75, 3.05) is 32.0 Å². The number of hydrogen-bond acceptors (Lipinski definition) is 5. The molecule has 0 unspecified atom stereocenters. The van der Waals surface area contributed by atoms with Gasteiger partial charge in [-0.3, -0.25) is 4.90 Å². The first-order valence-electron chi connectivity index (χ1n) is 10.3. The van der Waals surface area contributed by atoms with Crippen LogP contribution in [-0.4, -0.2) is 53.3 Å². The molecule has 170 valence electrons. The van der Waals surface area contributed by atoms with Gasteiger partial charge in [-0.15, -0.1) is 0 Å². The SMILES string of the molecule is C[C@@H]1CN([C@H]2COc3c(F)ccc(-[n+]4cnc5[nH]c(C(F)(F)F)cc5c4N)c3C2)CCO1. The van der Waals surface area contributed by atoms with E-state index in [9.17, 15) is 17.6 Å². The zero-order valence-corrected chi connectivity index (χ0v) is 17.2. The topological polar surface area (TPSA) is 80.3 Å². The molecular weight excluding hydrogens is 430 g/mol. The van der Waals surface area contributed by atoms with Crippen LogP contribution in [0.15, 0.2) is 24.5 Å². The van der Waals surface area contributed by atoms with E-state index < -0.39 is 17.7 Å². The van der Waals surface area contributed by atoms with Gasteiger partial charge in [-0.2, -0.15) is 13.2 Å². The Kier molecular flexibility index (Phi) is 4.97. The maximum Gasteiger partial charge on any atom is 0.431 e. The smallest absolute Gasteiger partial charge is 0.431 e. The molecule has 1 aromatic carbocycles. The van der Waals surface area contributed by atoms with Crippen LogP contribution in [0.3, 0.4) is 0 Å². The fourth-order valence-electron chi connectivity index (χ4n) is 4.45. The van der Waals surface area contributed by atoms with Crippen molar-refractivity contribution in [1.82, 2.24) is 14.9 Å². The number of halogens is 4. The van der Waals surface area contributed by atoms with Crippen LogP contribution in [0.2, 0.25) is 0 Å². The van der Waals surface area contributed by atoms with Gasteiger partial charge in [0.05, 0.1) is 12.7 Å². The summed E-state index contributed by atoms with van der Waals surface area (Å²) in [6.07, 6.45) is -2.63. The van der Waals surface area contributed by atoms with Gasteiger partial charge in [0.15, 0.2) is 11.6 Å². The average Bonchev–Trinajstić information content (AvgIpc) is 3.21. The molecule has 3 N–H and O–H groups in total. The molecule has 1 saturated heterocycles. The number of nitrogens with one attached hydrogen (secondary N) is 1. The van der Waals surface area contributed by atoms with E-state index in [0.29, 0.717) is 30.9 Å². The Labute approximate surface area is 180 Å². The highest BCUT2D eigenvalue weighted by Crippen LogP contribution is 2.35. The number of fused-ring (bicyclic) bond motifs is 2. The predicted molar refractivity (Wildman–Crippen MR) is 107 cm³/mol. The summed E-state index contributed by atoms with van der Waals surface area (Å²) >= 11 is 0. The van der Waals surface area contributed by atoms with Gasteiger partial charge in [0.1, 0.15) is 23.4 Å². The fraction of sp³-hybridized carbons (Fsp3) is 0.429. The Morgan fingerprint density at radius 3 is 2.88 bits per heavy atom. The molecule has 11 heteroatoms. The summed E-state index contributed by atoms with van der Waals surface area (Å²) < 4.78 is 66.8. The number of H-pyrrole nitrogens is 1. The number of nitrogens with zero attached hydrogens (tertiary/aromatic N) is 3. The molecule has 4 heterocycles. The highest BCUT2D eigenvalue weighted by Gasteiger charge is 2.36. The Balaban J connectivity index is 1.57. The van der Waals surface area contributed by atoms with E-state index in [-0.39, 0.29) is 34.7 Å². The van der Waals surface area contributed by atoms with E-state index >= 15 is 0 Å². The molecule has 2 aliphatic heterocycles. The lowest BCUT2D eigenvalue weighted by Gasteiger charge is -2.39. The number of aromatic nitrogens is 3. The molecule has 2 aromatic heterocycles. The maximum absolute atomic E-state index is 14.5. The van der Waals surface area contributed by atoms with Gasteiger partial charge in [0.2, 0.25) is 17.8 Å². The van der Waals surface area contributed by atoms with Gasteiger partial charge >= 0.3 is 6.18 Å². The molecule has 0 saturated carbocycles. The normalized spacial score (nSPS) is 22.0. The Morgan fingerprint density at radius 2 is 2.12 bits per heavy atom. The second-order valence-electron chi connectivity index (χ2n) is 8.16. The predicted octanol–water partition coefficient (Wildman–Crippen LogP) is 2.60. The number of morpholine rings is 1. The first-order chi connectivity index (χ1) is 15.2. The number of rotatable bonds is 2. The van der Waals surface area contributed by atoms with Gasteiger partial charge in [-0.1, -0.05) is 4.98 Å². The minimum atomic E-state index is -4.55. The lowest BCUT2D eigenvalue weighted by atomic mass is 9.98. The van der Waals surface area contributed by atoms with E-state index in [4.69, 9.17) is 15.2 Å². The number of hydrogen-bond donors (Lipinski definition) is 2. The van der Waals surface area contributed by atoms with Crippen molar-refractivity contribution in [3.05, 3.63) is 41.6 Å². The number of nitrogens with two attached hydrogens (primary N) is 1. The third kappa shape index (κ3) is 3.55. The summed E-state index contributed by atoms with van der Waals surface area (Å²) in [5.41, 5.74) is 6.46. The Morgan fingerprint density at radius 1 is 1.31 bits per heavy atom. The lowest BCUT2D eigenvalue weighted by Crippen LogP contribution is -2.51. The molecule has 2 aliphatic rings. The Bertz CT molecular complexity index is 1180. The van der Waals surface area contributed by atoms with Gasteiger partial charge in [0, 0.05) is 24.7 Å². The van der Waals surface area contributed by atoms with E-state index in [1.807, 2.05) is 6.92 Å². The van der Waals surface area contributed by atoms with Crippen molar-refractivity contribution in [2.45, 2.75) is 31.7 Å². The van der Waals surface area contributed by atoms with Gasteiger partial charge in [0.25, 0.3) is 0 Å². The monoisotopic (exact) mass is 452 g/mol. The highest BCUT2D eigenvalue weighted by molar-refractivity contribution is 5.85. The molecule has 32 heavy (non-hydrogen) atoms. The quantitative estimate of drug-likeness (QED) is 0.462. The number of aromatic amines is 1. The molecule has 0 spiro atoms. The molecule has 0 radical (unpaired) electrons. The van der Waals surface area contributed by atoms with Gasteiger partial charge < -0.3 is 20.2 Å². The van der Waals surface area contributed by atoms with Crippen LogP contribution in [0.25, 0.3) is 16.7 Å². The Hall–Kier alpha value is -2.92. The van der Waals surface area contributed by atoms with Crippen molar-refractivity contribution >= 4 is 16.9 Å². The summed E-state index contributed by atoms with van der Waals surface area (Å²) in [5, 5.41) is 0.133. The molecule has 0 bridgehead atoms. The minimum Gasteiger partial charge on any atom is -0.488 e. The first kappa shape index (κ1) is 21.0. The van der Waals surface area contributed by atoms with E-state index in [1.165, 1.54) is 17.0 Å². The third-order valence-electron chi connectivity index (χ3n) is 6.04. The molecule has 3 aromatic rings. The van der Waals surface area contributed by atoms with E-state index in [1.54, 1.807) is 6.07 Å². The van der Waals surface area contributed by atoms with E-state index in [0.717, 1.165) is 19.2 Å². The largest absolute Gasteiger partial charge is 0.488 e. The van der Waals surface area contributed by atoms with Gasteiger partial charge in [-0.05, 0) is 31.5 Å². The molecule has 0 aliphatic carbocycles. The number of anilines is 1. The van der Waals surface area contributed by atoms with Gasteiger partial charge in [-0.25, -0.2) is 8.96 Å². The van der Waals surface area contributed by atoms with Crippen molar-refractivity contribution < 1.29 is 31.6 Å². The first-order valence-corrected chi connectivity index (χ1v) is 10.3. The summed E-state index contributed by atoms with van der Waals surface area (Å²) in [7, 11) is 0. The molecular formula is C21H22F4N5O2+. The second-order valence-corrected chi connectivity index (χ2v) is 8.16. The van der Waals surface area contributed by atoms with Crippen molar-refractivity contribution in [2.24, 2.45) is 0 Å². The summed E-state index contributed by atoms with van der Waals surface area (Å²) in [6.45, 7) is 4.42. The van der Waals surface area contributed by atoms with Crippen molar-refractivity contribution in [1.29, 1.82) is 0 Å². The van der Waals surface area contributed by atoms with Crippen molar-refractivity contribution in [3.63, 3.8) is 0 Å². The second kappa shape index (κ2) is 7.59. The number of ether oxygens (including phenoxy) is 2. The van der Waals surface area contributed by atoms with Crippen LogP contribution in [0.5, 0.6) is 5.75 Å². The lowest BCUT2D eigenvalue weighted by molar-refractivity contribution is -0.582. The van der Waals surface area contributed by atoms with Crippen LogP contribution < -0.4 is 15.0 Å².